The molecule has 0 aliphatic carbocycles. The molecule has 0 amide bonds. The van der Waals surface area contributed by atoms with Gasteiger partial charge in [0.15, 0.2) is 0 Å². The molecule has 5 nitrogen and oxygen atoms in total. The van der Waals surface area contributed by atoms with Gasteiger partial charge in [0.2, 0.25) is 0 Å². The van der Waals surface area contributed by atoms with Crippen LogP contribution in [0.4, 0.5) is 0 Å². The van der Waals surface area contributed by atoms with E-state index < -0.39 is 0 Å². The van der Waals surface area contributed by atoms with Gasteiger partial charge >= 0.3 is 0 Å². The number of aromatic amines is 1. The van der Waals surface area contributed by atoms with Gasteiger partial charge in [0, 0.05) is 17.8 Å². The Kier molecular flexibility index (Phi) is 4.10. The van der Waals surface area contributed by atoms with E-state index in [1.165, 1.54) is 0 Å². The molecule has 0 saturated carbocycles. The number of aryl methyl sites for hydroxylation is 1. The normalized spacial score (nSPS) is 12.2. The van der Waals surface area contributed by atoms with Gasteiger partial charge in [-0.3, -0.25) is 20.1 Å². The van der Waals surface area contributed by atoms with Crippen molar-refractivity contribution in [2.24, 2.45) is 4.99 Å². The van der Waals surface area contributed by atoms with Crippen LogP contribution in [-0.4, -0.2) is 26.9 Å². The lowest BCUT2D eigenvalue weighted by atomic mass is 10.1. The van der Waals surface area contributed by atoms with Gasteiger partial charge in [-0.15, -0.1) is 0 Å². The van der Waals surface area contributed by atoms with Crippen LogP contribution in [0.3, 0.4) is 0 Å². The lowest BCUT2D eigenvalue weighted by Gasteiger charge is -2.01. The highest BCUT2D eigenvalue weighted by Crippen LogP contribution is 2.26. The van der Waals surface area contributed by atoms with Crippen LogP contribution in [0, 0.1) is 6.92 Å². The summed E-state index contributed by atoms with van der Waals surface area (Å²) >= 11 is 0. The smallest absolute Gasteiger partial charge is 0.118 e. The summed E-state index contributed by atoms with van der Waals surface area (Å²) in [5, 5.41) is 8.40. The highest BCUT2D eigenvalue weighted by molar-refractivity contribution is 5.93. The Labute approximate surface area is 134 Å². The molecule has 3 heterocycles. The van der Waals surface area contributed by atoms with Crippen molar-refractivity contribution in [2.75, 3.05) is 0 Å². The number of aromatic nitrogens is 4. The summed E-state index contributed by atoms with van der Waals surface area (Å²) in [5.74, 6) is 0. The molecule has 3 rings (SSSR count). The van der Waals surface area contributed by atoms with E-state index in [2.05, 4.69) is 31.9 Å². The predicted octanol–water partition coefficient (Wildman–Crippen LogP) is 3.95. The average Bonchev–Trinajstić information content (AvgIpc) is 2.99. The van der Waals surface area contributed by atoms with Gasteiger partial charge in [0.25, 0.3) is 0 Å². The van der Waals surface area contributed by atoms with Crippen molar-refractivity contribution < 1.29 is 0 Å². The first-order valence-corrected chi connectivity index (χ1v) is 7.26. The number of hydrogen-bond acceptors (Lipinski definition) is 4. The van der Waals surface area contributed by atoms with E-state index in [0.717, 1.165) is 39.1 Å². The van der Waals surface area contributed by atoms with E-state index in [-0.39, 0.29) is 0 Å². The number of rotatable bonds is 4. The molecule has 114 valence electrons. The second kappa shape index (κ2) is 6.36. The number of pyridine rings is 2. The summed E-state index contributed by atoms with van der Waals surface area (Å²) in [7, 11) is 0. The number of nitrogens with one attached hydrogen (secondary N) is 1. The van der Waals surface area contributed by atoms with Crippen LogP contribution >= 0.6 is 0 Å². The Morgan fingerprint density at radius 1 is 1.26 bits per heavy atom. The summed E-state index contributed by atoms with van der Waals surface area (Å²) < 4.78 is 0. The molecular formula is C18H17N5. The standard InChI is InChI=1S/C18H17N5/c1-12-6-7-15(20-10-12)18-14-9-16(13(2)5-4-8-19-3)21-11-17(14)22-23-18/h4-11H,3H2,1-2H3,(H,22,23)/b8-4-,13-5+. The van der Waals surface area contributed by atoms with Gasteiger partial charge < -0.3 is 0 Å². The summed E-state index contributed by atoms with van der Waals surface area (Å²) in [6.07, 6.45) is 9.07. The minimum absolute atomic E-state index is 0.833. The van der Waals surface area contributed by atoms with Crippen molar-refractivity contribution in [3.8, 4) is 11.4 Å². The van der Waals surface area contributed by atoms with E-state index >= 15 is 0 Å². The Bertz CT molecular complexity index is 901. The van der Waals surface area contributed by atoms with E-state index in [0.29, 0.717) is 0 Å². The molecule has 0 spiro atoms. The SMILES string of the molecule is C=N/C=C\C=C(/C)c1cc2c(-c3ccc(C)cn3)n[nH]c2cn1. The summed E-state index contributed by atoms with van der Waals surface area (Å²) in [5.41, 5.74) is 5.62. The van der Waals surface area contributed by atoms with E-state index in [9.17, 15) is 0 Å². The fourth-order valence-corrected chi connectivity index (χ4v) is 2.27. The highest BCUT2D eigenvalue weighted by Gasteiger charge is 2.11. The number of hydrogen-bond donors (Lipinski definition) is 1. The first-order chi connectivity index (χ1) is 11.2. The molecule has 0 bridgehead atoms. The van der Waals surface area contributed by atoms with Crippen molar-refractivity contribution in [1.29, 1.82) is 0 Å². The van der Waals surface area contributed by atoms with Gasteiger partial charge in [-0.1, -0.05) is 12.1 Å². The summed E-state index contributed by atoms with van der Waals surface area (Å²) in [4.78, 5) is 12.6. The zero-order valence-corrected chi connectivity index (χ0v) is 13.1. The van der Waals surface area contributed by atoms with E-state index in [1.807, 2.05) is 50.4 Å². The fraction of sp³-hybridized carbons (Fsp3) is 0.111. The van der Waals surface area contributed by atoms with Crippen LogP contribution < -0.4 is 0 Å². The average molecular weight is 303 g/mol. The Morgan fingerprint density at radius 2 is 2.13 bits per heavy atom. The molecule has 0 radical (unpaired) electrons. The number of aliphatic imine (C=N–C) groups is 1. The third-order valence-electron chi connectivity index (χ3n) is 3.54. The summed E-state index contributed by atoms with van der Waals surface area (Å²) in [6, 6.07) is 6.03. The van der Waals surface area contributed by atoms with Crippen molar-refractivity contribution in [2.45, 2.75) is 13.8 Å². The lowest BCUT2D eigenvalue weighted by Crippen LogP contribution is -1.87. The number of H-pyrrole nitrogens is 1. The maximum Gasteiger partial charge on any atom is 0.118 e. The van der Waals surface area contributed by atoms with Crippen LogP contribution in [0.25, 0.3) is 27.9 Å². The van der Waals surface area contributed by atoms with Crippen molar-refractivity contribution in [1.82, 2.24) is 20.2 Å². The van der Waals surface area contributed by atoms with Crippen LogP contribution in [0.2, 0.25) is 0 Å². The van der Waals surface area contributed by atoms with Crippen LogP contribution in [0.5, 0.6) is 0 Å². The maximum absolute atomic E-state index is 4.47. The number of allylic oxidation sites excluding steroid dienone is 3. The molecule has 0 aliphatic heterocycles. The predicted molar refractivity (Wildman–Crippen MR) is 94.2 cm³/mol. The number of nitrogens with zero attached hydrogens (tertiary/aromatic N) is 4. The molecule has 3 aromatic heterocycles. The zero-order valence-electron chi connectivity index (χ0n) is 13.1. The zero-order chi connectivity index (χ0) is 16.2. The van der Waals surface area contributed by atoms with Gasteiger partial charge in [0.05, 0.1) is 23.1 Å². The van der Waals surface area contributed by atoms with E-state index in [1.54, 1.807) is 12.4 Å². The molecule has 0 saturated heterocycles. The molecule has 0 fully saturated rings. The van der Waals surface area contributed by atoms with E-state index in [4.69, 9.17) is 0 Å². The van der Waals surface area contributed by atoms with Crippen LogP contribution in [0.15, 0.2) is 53.9 Å². The van der Waals surface area contributed by atoms with Crippen molar-refractivity contribution in [3.05, 3.63) is 60.2 Å². The second-order valence-electron chi connectivity index (χ2n) is 5.28. The third-order valence-corrected chi connectivity index (χ3v) is 3.54. The first-order valence-electron chi connectivity index (χ1n) is 7.26. The second-order valence-corrected chi connectivity index (χ2v) is 5.28. The largest absolute Gasteiger partial charge is 0.276 e. The molecule has 0 unspecified atom stereocenters. The van der Waals surface area contributed by atoms with Gasteiger partial charge in [-0.05, 0) is 49.9 Å². The molecule has 0 aliphatic rings. The Balaban J connectivity index is 2.06. The molecule has 5 heteroatoms. The highest BCUT2D eigenvalue weighted by atomic mass is 15.1. The minimum atomic E-state index is 0.833. The molecule has 0 atom stereocenters. The molecule has 1 N–H and O–H groups in total. The quantitative estimate of drug-likeness (QED) is 0.586. The lowest BCUT2D eigenvalue weighted by molar-refractivity contribution is 1.10. The van der Waals surface area contributed by atoms with Crippen molar-refractivity contribution in [3.63, 3.8) is 0 Å². The maximum atomic E-state index is 4.47. The van der Waals surface area contributed by atoms with Crippen LogP contribution in [-0.2, 0) is 0 Å². The fourth-order valence-electron chi connectivity index (χ4n) is 2.27. The summed E-state index contributed by atoms with van der Waals surface area (Å²) in [6.45, 7) is 7.44. The Hall–Kier alpha value is -3.08. The van der Waals surface area contributed by atoms with Crippen LogP contribution in [0.1, 0.15) is 18.2 Å². The number of fused-ring (bicyclic) bond motifs is 1. The minimum Gasteiger partial charge on any atom is -0.276 e. The molecule has 23 heavy (non-hydrogen) atoms. The van der Waals surface area contributed by atoms with Crippen molar-refractivity contribution >= 4 is 23.2 Å². The monoisotopic (exact) mass is 303 g/mol. The van der Waals surface area contributed by atoms with Gasteiger partial charge in [-0.25, -0.2) is 0 Å². The van der Waals surface area contributed by atoms with Gasteiger partial charge in [0.1, 0.15) is 5.69 Å². The van der Waals surface area contributed by atoms with Gasteiger partial charge in [-0.2, -0.15) is 5.10 Å². The molecule has 0 aromatic carbocycles. The topological polar surface area (TPSA) is 66.8 Å². The Morgan fingerprint density at radius 3 is 2.87 bits per heavy atom. The third kappa shape index (κ3) is 3.08. The first kappa shape index (κ1) is 14.8. The molecule has 3 aromatic rings. The molecular weight excluding hydrogens is 286 g/mol.